The van der Waals surface area contributed by atoms with E-state index in [9.17, 15) is 13.5 Å². The standard InChI is InChI=1S/C18H23NO4S/c1-3-14-9-10-17(23-2)18(12-14)24(21,22)19-13-16(20)11-15-7-5-4-6-8-15/h4-10,12,16,19-20H,3,11,13H2,1-2H3. The van der Waals surface area contributed by atoms with E-state index < -0.39 is 16.1 Å². The fourth-order valence-electron chi connectivity index (χ4n) is 2.39. The Morgan fingerprint density at radius 2 is 1.83 bits per heavy atom. The molecule has 2 N–H and O–H groups in total. The smallest absolute Gasteiger partial charge is 0.244 e. The van der Waals surface area contributed by atoms with E-state index in [2.05, 4.69) is 4.72 Å². The molecule has 130 valence electrons. The van der Waals surface area contributed by atoms with Crippen LogP contribution in [0.2, 0.25) is 0 Å². The molecule has 2 rings (SSSR count). The quantitative estimate of drug-likeness (QED) is 0.766. The summed E-state index contributed by atoms with van der Waals surface area (Å²) in [5.74, 6) is 0.289. The number of hydrogen-bond acceptors (Lipinski definition) is 4. The Morgan fingerprint density at radius 3 is 2.46 bits per heavy atom. The zero-order chi connectivity index (χ0) is 17.6. The lowest BCUT2D eigenvalue weighted by Crippen LogP contribution is -2.33. The maximum absolute atomic E-state index is 12.5. The van der Waals surface area contributed by atoms with Crippen molar-refractivity contribution in [2.45, 2.75) is 30.8 Å². The molecule has 0 saturated heterocycles. The van der Waals surface area contributed by atoms with Crippen molar-refractivity contribution in [2.75, 3.05) is 13.7 Å². The second-order valence-electron chi connectivity index (χ2n) is 5.53. The van der Waals surface area contributed by atoms with Gasteiger partial charge in [-0.1, -0.05) is 43.3 Å². The molecule has 0 radical (unpaired) electrons. The maximum Gasteiger partial charge on any atom is 0.244 e. The van der Waals surface area contributed by atoms with Crippen LogP contribution in [0.15, 0.2) is 53.4 Å². The fourth-order valence-corrected chi connectivity index (χ4v) is 3.68. The van der Waals surface area contributed by atoms with Crippen LogP contribution in [0.25, 0.3) is 0 Å². The SMILES string of the molecule is CCc1ccc(OC)c(S(=O)(=O)NCC(O)Cc2ccccc2)c1. The fraction of sp³-hybridized carbons (Fsp3) is 0.333. The molecule has 1 atom stereocenters. The van der Waals surface area contributed by atoms with Gasteiger partial charge in [-0.15, -0.1) is 0 Å². The van der Waals surface area contributed by atoms with Gasteiger partial charge in [-0.3, -0.25) is 0 Å². The zero-order valence-electron chi connectivity index (χ0n) is 13.9. The van der Waals surface area contributed by atoms with Crippen molar-refractivity contribution >= 4 is 10.0 Å². The van der Waals surface area contributed by atoms with Crippen LogP contribution in [-0.4, -0.2) is 33.3 Å². The molecule has 0 amide bonds. The Labute approximate surface area is 143 Å². The average Bonchev–Trinajstić information content (AvgIpc) is 2.60. The molecule has 5 nitrogen and oxygen atoms in total. The molecule has 1 unspecified atom stereocenters. The van der Waals surface area contributed by atoms with Gasteiger partial charge in [0.25, 0.3) is 0 Å². The molecule has 0 aliphatic rings. The maximum atomic E-state index is 12.5. The highest BCUT2D eigenvalue weighted by Crippen LogP contribution is 2.25. The predicted octanol–water partition coefficient (Wildman–Crippen LogP) is 2.14. The Balaban J connectivity index is 2.08. The first-order valence-corrected chi connectivity index (χ1v) is 9.33. The van der Waals surface area contributed by atoms with Gasteiger partial charge in [0, 0.05) is 6.54 Å². The van der Waals surface area contributed by atoms with Gasteiger partial charge in [0.15, 0.2) is 0 Å². The van der Waals surface area contributed by atoms with E-state index in [0.717, 1.165) is 17.5 Å². The van der Waals surface area contributed by atoms with E-state index >= 15 is 0 Å². The first-order valence-electron chi connectivity index (χ1n) is 7.85. The van der Waals surface area contributed by atoms with Crippen LogP contribution in [-0.2, 0) is 22.9 Å². The van der Waals surface area contributed by atoms with E-state index in [1.54, 1.807) is 12.1 Å². The lowest BCUT2D eigenvalue weighted by Gasteiger charge is -2.15. The molecular weight excluding hydrogens is 326 g/mol. The normalized spacial score (nSPS) is 12.8. The number of hydrogen-bond donors (Lipinski definition) is 2. The summed E-state index contributed by atoms with van der Waals surface area (Å²) < 4.78 is 32.7. The molecular formula is C18H23NO4S. The molecule has 0 bridgehead atoms. The molecule has 0 fully saturated rings. The van der Waals surface area contributed by atoms with Crippen molar-refractivity contribution in [3.8, 4) is 5.75 Å². The van der Waals surface area contributed by atoms with E-state index in [-0.39, 0.29) is 17.2 Å². The van der Waals surface area contributed by atoms with Gasteiger partial charge in [0.1, 0.15) is 10.6 Å². The van der Waals surface area contributed by atoms with Crippen LogP contribution >= 0.6 is 0 Å². The molecule has 0 aliphatic carbocycles. The highest BCUT2D eigenvalue weighted by molar-refractivity contribution is 7.89. The van der Waals surface area contributed by atoms with Gasteiger partial charge >= 0.3 is 0 Å². The second kappa shape index (κ2) is 8.28. The first-order chi connectivity index (χ1) is 11.5. The summed E-state index contributed by atoms with van der Waals surface area (Å²) in [5, 5.41) is 10.1. The summed E-state index contributed by atoms with van der Waals surface area (Å²) in [6, 6.07) is 14.5. The van der Waals surface area contributed by atoms with Crippen molar-refractivity contribution in [3.05, 3.63) is 59.7 Å². The predicted molar refractivity (Wildman–Crippen MR) is 93.7 cm³/mol. The summed E-state index contributed by atoms with van der Waals surface area (Å²) >= 11 is 0. The van der Waals surface area contributed by atoms with Gasteiger partial charge in [-0.2, -0.15) is 0 Å². The Morgan fingerprint density at radius 1 is 1.12 bits per heavy atom. The van der Waals surface area contributed by atoms with E-state index in [4.69, 9.17) is 4.74 Å². The largest absolute Gasteiger partial charge is 0.495 e. The second-order valence-corrected chi connectivity index (χ2v) is 7.27. The topological polar surface area (TPSA) is 75.6 Å². The number of rotatable bonds is 8. The summed E-state index contributed by atoms with van der Waals surface area (Å²) in [5.41, 5.74) is 1.86. The van der Waals surface area contributed by atoms with Gasteiger partial charge in [-0.25, -0.2) is 13.1 Å². The van der Waals surface area contributed by atoms with Crippen molar-refractivity contribution in [2.24, 2.45) is 0 Å². The highest BCUT2D eigenvalue weighted by Gasteiger charge is 2.21. The summed E-state index contributed by atoms with van der Waals surface area (Å²) in [6.45, 7) is 1.89. The van der Waals surface area contributed by atoms with E-state index in [1.807, 2.05) is 43.3 Å². The van der Waals surface area contributed by atoms with Gasteiger partial charge in [-0.05, 0) is 36.1 Å². The Bertz CT molecular complexity index is 760. The van der Waals surface area contributed by atoms with Crippen LogP contribution < -0.4 is 9.46 Å². The zero-order valence-corrected chi connectivity index (χ0v) is 14.7. The number of ether oxygens (including phenoxy) is 1. The van der Waals surface area contributed by atoms with Gasteiger partial charge < -0.3 is 9.84 Å². The van der Waals surface area contributed by atoms with Crippen molar-refractivity contribution < 1.29 is 18.3 Å². The molecule has 2 aromatic carbocycles. The summed E-state index contributed by atoms with van der Waals surface area (Å²) in [4.78, 5) is 0.0938. The number of nitrogens with one attached hydrogen (secondary N) is 1. The number of methoxy groups -OCH3 is 1. The Kier molecular flexibility index (Phi) is 6.36. The molecule has 0 heterocycles. The number of benzene rings is 2. The molecule has 0 spiro atoms. The van der Waals surface area contributed by atoms with E-state index in [1.165, 1.54) is 7.11 Å². The third-order valence-corrected chi connectivity index (χ3v) is 5.19. The molecule has 0 aliphatic heterocycles. The van der Waals surface area contributed by atoms with Gasteiger partial charge in [0.05, 0.1) is 13.2 Å². The van der Waals surface area contributed by atoms with Crippen molar-refractivity contribution in [1.82, 2.24) is 4.72 Å². The van der Waals surface area contributed by atoms with Gasteiger partial charge in [0.2, 0.25) is 10.0 Å². The third kappa shape index (κ3) is 4.80. The van der Waals surface area contributed by atoms with Crippen LogP contribution in [0, 0.1) is 0 Å². The van der Waals surface area contributed by atoms with Crippen molar-refractivity contribution in [3.63, 3.8) is 0 Å². The van der Waals surface area contributed by atoms with Crippen LogP contribution in [0.5, 0.6) is 5.75 Å². The van der Waals surface area contributed by atoms with Crippen LogP contribution in [0.4, 0.5) is 0 Å². The summed E-state index contributed by atoms with van der Waals surface area (Å²) in [6.07, 6.45) is 0.307. The molecule has 2 aromatic rings. The van der Waals surface area contributed by atoms with Crippen molar-refractivity contribution in [1.29, 1.82) is 0 Å². The van der Waals surface area contributed by atoms with E-state index in [0.29, 0.717) is 6.42 Å². The molecule has 24 heavy (non-hydrogen) atoms. The number of aryl methyl sites for hydroxylation is 1. The highest BCUT2D eigenvalue weighted by atomic mass is 32.2. The molecule has 6 heteroatoms. The number of aliphatic hydroxyl groups excluding tert-OH is 1. The van der Waals surface area contributed by atoms with Crippen LogP contribution in [0.1, 0.15) is 18.1 Å². The molecule has 0 saturated carbocycles. The Hall–Kier alpha value is -1.89. The number of sulfonamides is 1. The summed E-state index contributed by atoms with van der Waals surface area (Å²) in [7, 11) is -2.32. The lowest BCUT2D eigenvalue weighted by atomic mass is 10.1. The van der Waals surface area contributed by atoms with Crippen LogP contribution in [0.3, 0.4) is 0 Å². The minimum atomic E-state index is -3.76. The average molecular weight is 349 g/mol. The minimum absolute atomic E-state index is 0.0588. The first kappa shape index (κ1) is 18.4. The third-order valence-electron chi connectivity index (χ3n) is 3.75. The minimum Gasteiger partial charge on any atom is -0.495 e. The molecule has 0 aromatic heterocycles. The lowest BCUT2D eigenvalue weighted by molar-refractivity contribution is 0.179. The monoisotopic (exact) mass is 349 g/mol. The number of aliphatic hydroxyl groups is 1.